The van der Waals surface area contributed by atoms with Crippen molar-refractivity contribution in [3.05, 3.63) is 24.2 Å². The van der Waals surface area contributed by atoms with Gasteiger partial charge < -0.3 is 23.7 Å². The van der Waals surface area contributed by atoms with E-state index in [1.54, 1.807) is 12.5 Å². The fourth-order valence-electron chi connectivity index (χ4n) is 7.21. The fourth-order valence-corrected chi connectivity index (χ4v) is 7.21. The van der Waals surface area contributed by atoms with Crippen molar-refractivity contribution >= 4 is 5.97 Å². The molecule has 2 saturated carbocycles. The topological polar surface area (TPSA) is 78.1 Å². The zero-order valence-corrected chi connectivity index (χ0v) is 15.0. The lowest BCUT2D eigenvalue weighted by Gasteiger charge is -2.60. The second-order valence-corrected chi connectivity index (χ2v) is 9.31. The van der Waals surface area contributed by atoms with Gasteiger partial charge in [0.25, 0.3) is 0 Å². The van der Waals surface area contributed by atoms with Gasteiger partial charge in [-0.2, -0.15) is 0 Å². The maximum absolute atomic E-state index is 12.7. The molecule has 1 N–H and O–H groups in total. The van der Waals surface area contributed by atoms with E-state index in [9.17, 15) is 9.90 Å². The minimum atomic E-state index is -1.03. The van der Waals surface area contributed by atoms with Crippen molar-refractivity contribution in [2.75, 3.05) is 0 Å². The normalized spacial score (nSPS) is 57.0. The van der Waals surface area contributed by atoms with Crippen molar-refractivity contribution in [2.24, 2.45) is 22.7 Å². The fraction of sp³-hybridized carbons (Fsp3) is 0.750. The van der Waals surface area contributed by atoms with Crippen molar-refractivity contribution in [2.45, 2.75) is 69.7 Å². The van der Waals surface area contributed by atoms with Crippen LogP contribution in [0.3, 0.4) is 0 Å². The molecule has 9 atom stereocenters. The molecule has 5 heterocycles. The van der Waals surface area contributed by atoms with Gasteiger partial charge in [-0.1, -0.05) is 6.92 Å². The molecule has 4 bridgehead atoms. The second kappa shape index (κ2) is 4.54. The van der Waals surface area contributed by atoms with E-state index in [1.807, 2.05) is 13.0 Å². The van der Waals surface area contributed by atoms with Gasteiger partial charge in [0.1, 0.15) is 6.10 Å². The van der Waals surface area contributed by atoms with Crippen LogP contribution in [0.4, 0.5) is 0 Å². The standard InChI is InChI=1S/C20H24O6/c1-18(22)8-14-19(2)13-4-3-11(15(19)16(21)26-14)24-17-20(13,18)7-12(25-17)10-5-6-23-9-10/h5-6,9,11-15,17,22H,3-4,7-8H2,1-2H3/t11?,12?,13?,14-,15-,17?,18-,19+,20?/m1/s1. The minimum absolute atomic E-state index is 0.126. The number of ether oxygens (including phenoxy) is 3. The molecule has 0 radical (unpaired) electrons. The van der Waals surface area contributed by atoms with Crippen LogP contribution in [-0.2, 0) is 19.0 Å². The first-order valence-corrected chi connectivity index (χ1v) is 9.64. The summed E-state index contributed by atoms with van der Waals surface area (Å²) in [6.07, 6.45) is 5.10. The third-order valence-corrected chi connectivity index (χ3v) is 8.39. The van der Waals surface area contributed by atoms with E-state index in [-0.39, 0.29) is 41.5 Å². The summed E-state index contributed by atoms with van der Waals surface area (Å²) in [5, 5.41) is 11.7. The molecule has 26 heavy (non-hydrogen) atoms. The van der Waals surface area contributed by atoms with Gasteiger partial charge in [-0.15, -0.1) is 0 Å². The van der Waals surface area contributed by atoms with Crippen molar-refractivity contribution in [1.29, 1.82) is 0 Å². The smallest absolute Gasteiger partial charge is 0.312 e. The summed E-state index contributed by atoms with van der Waals surface area (Å²) < 4.78 is 23.9. The first-order valence-electron chi connectivity index (χ1n) is 9.64. The number of fused-ring (bicyclic) bond motifs is 1. The number of hydrogen-bond donors (Lipinski definition) is 1. The molecule has 4 aliphatic heterocycles. The van der Waals surface area contributed by atoms with Gasteiger partial charge in [-0.05, 0) is 38.2 Å². The Morgan fingerprint density at radius 3 is 2.81 bits per heavy atom. The first-order chi connectivity index (χ1) is 12.4. The van der Waals surface area contributed by atoms with Crippen LogP contribution in [-0.4, -0.2) is 35.2 Å². The molecular weight excluding hydrogens is 336 g/mol. The van der Waals surface area contributed by atoms with Gasteiger partial charge in [0.15, 0.2) is 6.29 Å². The third kappa shape index (κ3) is 1.51. The third-order valence-electron chi connectivity index (χ3n) is 8.39. The summed E-state index contributed by atoms with van der Waals surface area (Å²) in [6, 6.07) is 1.91. The Bertz CT molecular complexity index is 771. The molecule has 6 aliphatic rings. The monoisotopic (exact) mass is 360 g/mol. The van der Waals surface area contributed by atoms with Crippen molar-refractivity contribution in [1.82, 2.24) is 0 Å². The molecule has 6 heteroatoms. The van der Waals surface area contributed by atoms with Gasteiger partial charge in [0, 0.05) is 17.4 Å². The number of aliphatic hydroxyl groups is 1. The molecule has 5 unspecified atom stereocenters. The van der Waals surface area contributed by atoms with E-state index in [0.717, 1.165) is 18.4 Å². The van der Waals surface area contributed by atoms with Gasteiger partial charge in [0.05, 0.1) is 41.7 Å². The molecule has 1 aromatic heterocycles. The number of hydrogen-bond acceptors (Lipinski definition) is 6. The quantitative estimate of drug-likeness (QED) is 0.776. The molecule has 6 fully saturated rings. The zero-order chi connectivity index (χ0) is 17.9. The predicted octanol–water partition coefficient (Wildman–Crippen LogP) is 2.56. The van der Waals surface area contributed by atoms with E-state index in [4.69, 9.17) is 18.6 Å². The van der Waals surface area contributed by atoms with Crippen molar-refractivity contribution < 1.29 is 28.5 Å². The maximum Gasteiger partial charge on any atom is 0.312 e. The van der Waals surface area contributed by atoms with Crippen LogP contribution in [0.5, 0.6) is 0 Å². The number of esters is 1. The summed E-state index contributed by atoms with van der Waals surface area (Å²) in [6.45, 7) is 4.06. The van der Waals surface area contributed by atoms with Crippen LogP contribution in [0, 0.1) is 22.7 Å². The minimum Gasteiger partial charge on any atom is -0.472 e. The number of rotatable bonds is 1. The summed E-state index contributed by atoms with van der Waals surface area (Å²) in [4.78, 5) is 12.7. The Labute approximate surface area is 151 Å². The van der Waals surface area contributed by atoms with E-state index in [0.29, 0.717) is 12.8 Å². The molecule has 2 aliphatic carbocycles. The van der Waals surface area contributed by atoms with Crippen LogP contribution in [0.1, 0.15) is 51.2 Å². The second-order valence-electron chi connectivity index (χ2n) is 9.31. The Kier molecular flexibility index (Phi) is 2.74. The highest BCUT2D eigenvalue weighted by Crippen LogP contribution is 2.74. The van der Waals surface area contributed by atoms with E-state index < -0.39 is 17.3 Å². The molecule has 1 spiro atoms. The average molecular weight is 360 g/mol. The van der Waals surface area contributed by atoms with Gasteiger partial charge in [-0.25, -0.2) is 0 Å². The summed E-state index contributed by atoms with van der Waals surface area (Å²) in [5.41, 5.74) is -0.895. The van der Waals surface area contributed by atoms with Crippen molar-refractivity contribution in [3.63, 3.8) is 0 Å². The van der Waals surface area contributed by atoms with Crippen LogP contribution < -0.4 is 0 Å². The maximum atomic E-state index is 12.7. The van der Waals surface area contributed by atoms with Crippen LogP contribution in [0.2, 0.25) is 0 Å². The summed E-state index contributed by atoms with van der Waals surface area (Å²) in [5.74, 6) is -0.284. The molecule has 6 nitrogen and oxygen atoms in total. The van der Waals surface area contributed by atoms with E-state index in [1.165, 1.54) is 0 Å². The molecule has 7 rings (SSSR count). The molecule has 0 amide bonds. The molecule has 1 aromatic rings. The lowest BCUT2D eigenvalue weighted by atomic mass is 9.43. The molecule has 140 valence electrons. The van der Waals surface area contributed by atoms with Gasteiger partial charge >= 0.3 is 5.97 Å². The van der Waals surface area contributed by atoms with Gasteiger partial charge in [-0.3, -0.25) is 4.79 Å². The Hall–Kier alpha value is -1.37. The highest BCUT2D eigenvalue weighted by molar-refractivity contribution is 5.77. The average Bonchev–Trinajstić information content (AvgIpc) is 3.24. The molecular formula is C20H24O6. The molecule has 0 aromatic carbocycles. The van der Waals surface area contributed by atoms with Crippen molar-refractivity contribution in [3.8, 4) is 0 Å². The van der Waals surface area contributed by atoms with Crippen LogP contribution >= 0.6 is 0 Å². The lowest BCUT2D eigenvalue weighted by Crippen LogP contribution is -2.66. The number of furan rings is 1. The number of carbonyl (C=O) groups is 1. The van der Waals surface area contributed by atoms with E-state index >= 15 is 0 Å². The number of carbonyl (C=O) groups excluding carboxylic acids is 1. The molecule has 4 saturated heterocycles. The predicted molar refractivity (Wildman–Crippen MR) is 87.7 cm³/mol. The lowest BCUT2D eigenvalue weighted by molar-refractivity contribution is -0.262. The Morgan fingerprint density at radius 1 is 1.19 bits per heavy atom. The SMILES string of the molecule is C[C@]12C3CCC4OC5OC(c6ccoc6)CC53[C@](C)(O)C[C@H]1OC(=O)[C@@H]42. The highest BCUT2D eigenvalue weighted by Gasteiger charge is 2.79. The van der Waals surface area contributed by atoms with Gasteiger partial charge in [0.2, 0.25) is 0 Å². The zero-order valence-electron chi connectivity index (χ0n) is 15.0. The Balaban J connectivity index is 1.54. The largest absolute Gasteiger partial charge is 0.472 e. The van der Waals surface area contributed by atoms with E-state index in [2.05, 4.69) is 6.92 Å². The Morgan fingerprint density at radius 2 is 2.04 bits per heavy atom. The van der Waals surface area contributed by atoms with Crippen LogP contribution in [0.25, 0.3) is 0 Å². The first kappa shape index (κ1) is 15.7. The summed E-state index contributed by atoms with van der Waals surface area (Å²) in [7, 11) is 0. The highest BCUT2D eigenvalue weighted by atomic mass is 16.7. The van der Waals surface area contributed by atoms with Crippen LogP contribution in [0.15, 0.2) is 23.0 Å². The summed E-state index contributed by atoms with van der Waals surface area (Å²) >= 11 is 0.